The highest BCUT2D eigenvalue weighted by Crippen LogP contribution is 2.34. The summed E-state index contributed by atoms with van der Waals surface area (Å²) in [5, 5.41) is 19.0. The van der Waals surface area contributed by atoms with Crippen molar-refractivity contribution in [3.63, 3.8) is 0 Å². The molecule has 1 aromatic heterocycles. The Labute approximate surface area is 176 Å². The van der Waals surface area contributed by atoms with Crippen molar-refractivity contribution < 1.29 is 9.84 Å². The molecule has 0 saturated carbocycles. The number of methoxy groups -OCH3 is 1. The van der Waals surface area contributed by atoms with Crippen LogP contribution in [0.4, 0.5) is 5.69 Å². The molecule has 1 heterocycles. The van der Waals surface area contributed by atoms with Crippen LogP contribution in [0.5, 0.6) is 5.75 Å². The molecule has 3 N–H and O–H groups in total. The van der Waals surface area contributed by atoms with Crippen molar-refractivity contribution in [1.29, 1.82) is 0 Å². The summed E-state index contributed by atoms with van der Waals surface area (Å²) in [5.74, 6) is 0.806. The first-order chi connectivity index (χ1) is 13.1. The molecule has 0 aliphatic rings. The van der Waals surface area contributed by atoms with Gasteiger partial charge in [-0.2, -0.15) is 0 Å². The molecule has 0 saturated heterocycles. The highest BCUT2D eigenvalue weighted by molar-refractivity contribution is 6.31. The number of benzene rings is 2. The third-order valence-electron chi connectivity index (χ3n) is 4.51. The highest BCUT2D eigenvalue weighted by atomic mass is 35.5. The molecule has 1 atom stereocenters. The van der Waals surface area contributed by atoms with Gasteiger partial charge in [0.25, 0.3) is 0 Å². The first-order valence-corrected chi connectivity index (χ1v) is 9.66. The van der Waals surface area contributed by atoms with Gasteiger partial charge in [-0.3, -0.25) is 0 Å². The Balaban J connectivity index is 0.00000280. The quantitative estimate of drug-likeness (QED) is 0.345. The minimum Gasteiger partial charge on any atom is -0.497 e. The number of halogens is 2. The predicted molar refractivity (Wildman–Crippen MR) is 120 cm³/mol. The Morgan fingerprint density at radius 2 is 1.89 bits per heavy atom. The maximum absolute atomic E-state index is 9.29. The SMILES string of the molecule is COc1ccc2nc3cc(Cl)ccc3c(NCCCNCCC(C)O)c2c1.Cl. The van der Waals surface area contributed by atoms with E-state index in [0.717, 1.165) is 65.7 Å². The summed E-state index contributed by atoms with van der Waals surface area (Å²) in [4.78, 5) is 4.74. The van der Waals surface area contributed by atoms with Gasteiger partial charge in [0.1, 0.15) is 5.75 Å². The molecule has 7 heteroatoms. The third kappa shape index (κ3) is 5.61. The first-order valence-electron chi connectivity index (χ1n) is 9.28. The van der Waals surface area contributed by atoms with Crippen LogP contribution in [-0.4, -0.2) is 42.9 Å². The van der Waals surface area contributed by atoms with E-state index in [1.165, 1.54) is 0 Å². The summed E-state index contributed by atoms with van der Waals surface area (Å²) in [7, 11) is 1.67. The Bertz CT molecular complexity index is 919. The van der Waals surface area contributed by atoms with Gasteiger partial charge in [0.2, 0.25) is 0 Å². The largest absolute Gasteiger partial charge is 0.497 e. The van der Waals surface area contributed by atoms with Crippen LogP contribution in [0, 0.1) is 0 Å². The Morgan fingerprint density at radius 3 is 2.64 bits per heavy atom. The normalized spacial score (nSPS) is 12.0. The van der Waals surface area contributed by atoms with Gasteiger partial charge in [0.15, 0.2) is 0 Å². The van der Waals surface area contributed by atoms with E-state index in [4.69, 9.17) is 21.3 Å². The smallest absolute Gasteiger partial charge is 0.119 e. The van der Waals surface area contributed by atoms with E-state index in [-0.39, 0.29) is 18.5 Å². The summed E-state index contributed by atoms with van der Waals surface area (Å²) in [6.45, 7) is 4.36. The number of hydrogen-bond acceptors (Lipinski definition) is 5. The Kier molecular flexibility index (Phi) is 8.58. The van der Waals surface area contributed by atoms with Gasteiger partial charge < -0.3 is 20.5 Å². The summed E-state index contributed by atoms with van der Waals surface area (Å²) in [5.41, 5.74) is 2.83. The minimum atomic E-state index is -0.257. The van der Waals surface area contributed by atoms with E-state index < -0.39 is 0 Å². The van der Waals surface area contributed by atoms with Gasteiger partial charge in [-0.1, -0.05) is 11.6 Å². The molecular formula is C21H27Cl2N3O2. The predicted octanol–water partition coefficient (Wildman–Crippen LogP) is 4.63. The number of pyridine rings is 1. The standard InChI is InChI=1S/C21H26ClN3O2.ClH/c1-14(26)8-11-23-9-3-10-24-21-17-6-4-15(22)12-20(17)25-19-7-5-16(27-2)13-18(19)21;/h4-7,12-14,23,26H,3,8-11H2,1-2H3,(H,24,25);1H. The number of aromatic nitrogens is 1. The number of fused-ring (bicyclic) bond motifs is 2. The van der Waals surface area contributed by atoms with Crippen molar-refractivity contribution in [2.45, 2.75) is 25.9 Å². The molecule has 5 nitrogen and oxygen atoms in total. The van der Waals surface area contributed by atoms with E-state index in [0.29, 0.717) is 5.02 Å². The fourth-order valence-electron chi connectivity index (χ4n) is 3.08. The molecule has 3 aromatic rings. The molecule has 2 aromatic carbocycles. The van der Waals surface area contributed by atoms with Crippen molar-refractivity contribution in [2.75, 3.05) is 32.1 Å². The minimum absolute atomic E-state index is 0. The molecule has 0 bridgehead atoms. The number of anilines is 1. The third-order valence-corrected chi connectivity index (χ3v) is 4.75. The zero-order valence-electron chi connectivity index (χ0n) is 16.2. The summed E-state index contributed by atoms with van der Waals surface area (Å²) < 4.78 is 5.39. The summed E-state index contributed by atoms with van der Waals surface area (Å²) in [6.07, 6.45) is 1.49. The number of ether oxygens (including phenoxy) is 1. The maximum atomic E-state index is 9.29. The van der Waals surface area contributed by atoms with Gasteiger partial charge in [0, 0.05) is 22.3 Å². The van der Waals surface area contributed by atoms with E-state index in [2.05, 4.69) is 10.6 Å². The zero-order chi connectivity index (χ0) is 19.2. The first kappa shape index (κ1) is 22.5. The lowest BCUT2D eigenvalue weighted by Crippen LogP contribution is -2.22. The van der Waals surface area contributed by atoms with E-state index in [1.54, 1.807) is 7.11 Å². The van der Waals surface area contributed by atoms with E-state index >= 15 is 0 Å². The molecule has 0 aliphatic heterocycles. The second-order valence-electron chi connectivity index (χ2n) is 6.70. The van der Waals surface area contributed by atoms with Crippen LogP contribution >= 0.6 is 24.0 Å². The van der Waals surface area contributed by atoms with Crippen LogP contribution in [0.1, 0.15) is 19.8 Å². The van der Waals surface area contributed by atoms with E-state index in [1.807, 2.05) is 43.3 Å². The number of nitrogens with zero attached hydrogens (tertiary/aromatic N) is 1. The molecule has 0 radical (unpaired) electrons. The lowest BCUT2D eigenvalue weighted by atomic mass is 10.1. The van der Waals surface area contributed by atoms with Crippen LogP contribution < -0.4 is 15.4 Å². The summed E-state index contributed by atoms with van der Waals surface area (Å²) >= 11 is 6.16. The number of rotatable bonds is 9. The van der Waals surface area contributed by atoms with Crippen molar-refractivity contribution in [1.82, 2.24) is 10.3 Å². The van der Waals surface area contributed by atoms with Crippen molar-refractivity contribution in [2.24, 2.45) is 0 Å². The molecular weight excluding hydrogens is 397 g/mol. The van der Waals surface area contributed by atoms with Gasteiger partial charge in [-0.15, -0.1) is 12.4 Å². The molecule has 0 fully saturated rings. The molecule has 0 amide bonds. The van der Waals surface area contributed by atoms with Gasteiger partial charge >= 0.3 is 0 Å². The lowest BCUT2D eigenvalue weighted by molar-refractivity contribution is 0.184. The van der Waals surface area contributed by atoms with Gasteiger partial charge in [-0.05, 0) is 69.3 Å². The Morgan fingerprint density at radius 1 is 1.07 bits per heavy atom. The maximum Gasteiger partial charge on any atom is 0.119 e. The number of aliphatic hydroxyl groups is 1. The van der Waals surface area contributed by atoms with E-state index in [9.17, 15) is 5.11 Å². The highest BCUT2D eigenvalue weighted by Gasteiger charge is 2.10. The van der Waals surface area contributed by atoms with Crippen LogP contribution in [0.25, 0.3) is 21.8 Å². The average molecular weight is 424 g/mol. The van der Waals surface area contributed by atoms with Crippen LogP contribution in [0.3, 0.4) is 0 Å². The molecule has 3 rings (SSSR count). The summed E-state index contributed by atoms with van der Waals surface area (Å²) in [6, 6.07) is 11.7. The average Bonchev–Trinajstić information content (AvgIpc) is 2.65. The molecule has 0 spiro atoms. The zero-order valence-corrected chi connectivity index (χ0v) is 17.7. The van der Waals surface area contributed by atoms with Crippen LogP contribution in [-0.2, 0) is 0 Å². The second kappa shape index (κ2) is 10.7. The van der Waals surface area contributed by atoms with Gasteiger partial charge in [-0.25, -0.2) is 4.98 Å². The fraction of sp³-hybridized carbons (Fsp3) is 0.381. The van der Waals surface area contributed by atoms with Crippen molar-refractivity contribution in [3.8, 4) is 5.75 Å². The van der Waals surface area contributed by atoms with Crippen LogP contribution in [0.15, 0.2) is 36.4 Å². The fourth-order valence-corrected chi connectivity index (χ4v) is 3.24. The van der Waals surface area contributed by atoms with Crippen molar-refractivity contribution >= 4 is 51.5 Å². The van der Waals surface area contributed by atoms with Crippen LogP contribution in [0.2, 0.25) is 5.02 Å². The molecule has 28 heavy (non-hydrogen) atoms. The topological polar surface area (TPSA) is 66.4 Å². The number of hydrogen-bond donors (Lipinski definition) is 3. The Hall–Kier alpha value is -1.79. The molecule has 0 aliphatic carbocycles. The number of aliphatic hydroxyl groups excluding tert-OH is 1. The van der Waals surface area contributed by atoms with Crippen molar-refractivity contribution in [3.05, 3.63) is 41.4 Å². The lowest BCUT2D eigenvalue weighted by Gasteiger charge is -2.14. The number of nitrogens with one attached hydrogen (secondary N) is 2. The molecule has 152 valence electrons. The monoisotopic (exact) mass is 423 g/mol. The second-order valence-corrected chi connectivity index (χ2v) is 7.14. The van der Waals surface area contributed by atoms with Gasteiger partial charge in [0.05, 0.1) is 29.9 Å². The molecule has 1 unspecified atom stereocenters.